The summed E-state index contributed by atoms with van der Waals surface area (Å²) < 4.78 is 18.6. The number of rotatable bonds is 3. The summed E-state index contributed by atoms with van der Waals surface area (Å²) in [5.74, 6) is 0.470. The highest BCUT2D eigenvalue weighted by atomic mass is 19.1. The number of hydrogen-bond acceptors (Lipinski definition) is 2. The molecule has 0 radical (unpaired) electrons. The minimum Gasteiger partial charge on any atom is -0.381 e. The Bertz CT molecular complexity index is 132. The Kier molecular flexibility index (Phi) is 3.47. The van der Waals surface area contributed by atoms with Gasteiger partial charge in [0, 0.05) is 19.8 Å². The van der Waals surface area contributed by atoms with E-state index in [1.54, 1.807) is 6.92 Å². The number of ether oxygens (including phenoxy) is 1. The first-order valence-corrected chi connectivity index (χ1v) is 4.61. The lowest BCUT2D eigenvalue weighted by Crippen LogP contribution is -2.33. The van der Waals surface area contributed by atoms with Crippen LogP contribution in [0, 0.1) is 5.92 Å². The van der Waals surface area contributed by atoms with E-state index < -0.39 is 5.67 Å². The van der Waals surface area contributed by atoms with Crippen LogP contribution in [0.2, 0.25) is 0 Å². The number of hydrogen-bond donors (Lipinski definition) is 1. The Balaban J connectivity index is 2.28. The third-order valence-corrected chi connectivity index (χ3v) is 2.48. The minimum atomic E-state index is -1.18. The van der Waals surface area contributed by atoms with Gasteiger partial charge in [0.2, 0.25) is 0 Å². The molecule has 1 saturated heterocycles. The van der Waals surface area contributed by atoms with E-state index in [4.69, 9.17) is 10.5 Å². The third-order valence-electron chi connectivity index (χ3n) is 2.48. The van der Waals surface area contributed by atoms with Crippen molar-refractivity contribution in [2.24, 2.45) is 11.7 Å². The van der Waals surface area contributed by atoms with E-state index in [-0.39, 0.29) is 6.54 Å². The first kappa shape index (κ1) is 9.93. The quantitative estimate of drug-likeness (QED) is 0.705. The molecule has 1 rings (SSSR count). The van der Waals surface area contributed by atoms with Crippen LogP contribution in [0.25, 0.3) is 0 Å². The Morgan fingerprint density at radius 2 is 2.08 bits per heavy atom. The highest BCUT2D eigenvalue weighted by Crippen LogP contribution is 2.26. The zero-order valence-corrected chi connectivity index (χ0v) is 7.68. The van der Waals surface area contributed by atoms with Crippen LogP contribution in [0.3, 0.4) is 0 Å². The van der Waals surface area contributed by atoms with E-state index in [1.807, 2.05) is 0 Å². The van der Waals surface area contributed by atoms with E-state index in [0.29, 0.717) is 12.3 Å². The molecule has 72 valence electrons. The fourth-order valence-electron chi connectivity index (χ4n) is 1.64. The van der Waals surface area contributed by atoms with Crippen molar-refractivity contribution >= 4 is 0 Å². The van der Waals surface area contributed by atoms with Gasteiger partial charge in [0.05, 0.1) is 0 Å². The molecule has 12 heavy (non-hydrogen) atoms. The fourth-order valence-corrected chi connectivity index (χ4v) is 1.64. The van der Waals surface area contributed by atoms with Gasteiger partial charge in [-0.3, -0.25) is 0 Å². The lowest BCUT2D eigenvalue weighted by Gasteiger charge is -2.27. The molecule has 0 aromatic rings. The Labute approximate surface area is 73.3 Å². The highest BCUT2D eigenvalue weighted by Gasteiger charge is 2.27. The van der Waals surface area contributed by atoms with Crippen molar-refractivity contribution in [3.8, 4) is 0 Å². The van der Waals surface area contributed by atoms with Crippen LogP contribution >= 0.6 is 0 Å². The van der Waals surface area contributed by atoms with E-state index in [9.17, 15) is 4.39 Å². The van der Waals surface area contributed by atoms with Crippen LogP contribution < -0.4 is 5.73 Å². The molecule has 0 aromatic heterocycles. The Hall–Kier alpha value is -0.150. The average molecular weight is 175 g/mol. The van der Waals surface area contributed by atoms with Crippen molar-refractivity contribution < 1.29 is 9.13 Å². The maximum Gasteiger partial charge on any atom is 0.120 e. The van der Waals surface area contributed by atoms with Gasteiger partial charge >= 0.3 is 0 Å². The predicted octanol–water partition coefficient (Wildman–Crippen LogP) is 1.49. The summed E-state index contributed by atoms with van der Waals surface area (Å²) in [5.41, 5.74) is 4.14. The molecule has 2 N–H and O–H groups in total. The first-order chi connectivity index (χ1) is 5.64. The minimum absolute atomic E-state index is 0.129. The first-order valence-electron chi connectivity index (χ1n) is 4.61. The lowest BCUT2D eigenvalue weighted by molar-refractivity contribution is 0.0419. The zero-order valence-electron chi connectivity index (χ0n) is 7.68. The second-order valence-corrected chi connectivity index (χ2v) is 3.88. The molecule has 0 saturated carbocycles. The number of alkyl halides is 1. The Morgan fingerprint density at radius 1 is 1.50 bits per heavy atom. The van der Waals surface area contributed by atoms with Crippen molar-refractivity contribution in [3.05, 3.63) is 0 Å². The van der Waals surface area contributed by atoms with Gasteiger partial charge in [-0.15, -0.1) is 0 Å². The van der Waals surface area contributed by atoms with E-state index >= 15 is 0 Å². The lowest BCUT2D eigenvalue weighted by atomic mass is 9.88. The second-order valence-electron chi connectivity index (χ2n) is 3.88. The van der Waals surface area contributed by atoms with Crippen molar-refractivity contribution in [2.75, 3.05) is 19.8 Å². The molecule has 0 aliphatic carbocycles. The van der Waals surface area contributed by atoms with Crippen LogP contribution in [0.5, 0.6) is 0 Å². The Morgan fingerprint density at radius 3 is 2.58 bits per heavy atom. The second kappa shape index (κ2) is 4.19. The molecule has 1 unspecified atom stereocenters. The van der Waals surface area contributed by atoms with E-state index in [1.165, 1.54) is 0 Å². The molecule has 0 spiro atoms. The van der Waals surface area contributed by atoms with E-state index in [0.717, 1.165) is 26.1 Å². The molecule has 1 atom stereocenters. The molecule has 1 aliphatic heterocycles. The SMILES string of the molecule is CC(F)(CN)CC1CCOCC1. The molecule has 0 aromatic carbocycles. The van der Waals surface area contributed by atoms with Gasteiger partial charge in [-0.25, -0.2) is 4.39 Å². The van der Waals surface area contributed by atoms with Gasteiger partial charge < -0.3 is 10.5 Å². The molecule has 0 amide bonds. The molecule has 0 bridgehead atoms. The summed E-state index contributed by atoms with van der Waals surface area (Å²) in [6.07, 6.45) is 2.56. The smallest absolute Gasteiger partial charge is 0.120 e. The monoisotopic (exact) mass is 175 g/mol. The molecule has 2 nitrogen and oxygen atoms in total. The van der Waals surface area contributed by atoms with Crippen molar-refractivity contribution in [2.45, 2.75) is 31.9 Å². The molecular weight excluding hydrogens is 157 g/mol. The van der Waals surface area contributed by atoms with E-state index in [2.05, 4.69) is 0 Å². The third kappa shape index (κ3) is 3.07. The van der Waals surface area contributed by atoms with Crippen LogP contribution in [-0.2, 0) is 4.74 Å². The van der Waals surface area contributed by atoms with Gasteiger partial charge in [-0.05, 0) is 32.1 Å². The molecular formula is C9H18FNO. The normalized spacial score (nSPS) is 25.2. The highest BCUT2D eigenvalue weighted by molar-refractivity contribution is 4.79. The largest absolute Gasteiger partial charge is 0.381 e. The summed E-state index contributed by atoms with van der Waals surface area (Å²) in [7, 11) is 0. The molecule has 1 fully saturated rings. The van der Waals surface area contributed by atoms with Gasteiger partial charge in [0.1, 0.15) is 5.67 Å². The maximum absolute atomic E-state index is 13.4. The maximum atomic E-state index is 13.4. The van der Waals surface area contributed by atoms with Gasteiger partial charge in [-0.1, -0.05) is 0 Å². The molecule has 3 heteroatoms. The zero-order chi connectivity index (χ0) is 9.03. The fraction of sp³-hybridized carbons (Fsp3) is 1.00. The molecule has 1 aliphatic rings. The summed E-state index contributed by atoms with van der Waals surface area (Å²) in [6.45, 7) is 3.28. The predicted molar refractivity (Wildman–Crippen MR) is 46.7 cm³/mol. The van der Waals surface area contributed by atoms with Crippen LogP contribution in [0.1, 0.15) is 26.2 Å². The summed E-state index contributed by atoms with van der Waals surface area (Å²) in [4.78, 5) is 0. The van der Waals surface area contributed by atoms with Crippen molar-refractivity contribution in [3.63, 3.8) is 0 Å². The molecule has 1 heterocycles. The van der Waals surface area contributed by atoms with Crippen LogP contribution in [0.15, 0.2) is 0 Å². The summed E-state index contributed by atoms with van der Waals surface area (Å²) >= 11 is 0. The summed E-state index contributed by atoms with van der Waals surface area (Å²) in [6, 6.07) is 0. The van der Waals surface area contributed by atoms with Crippen LogP contribution in [0.4, 0.5) is 4.39 Å². The van der Waals surface area contributed by atoms with Gasteiger partial charge in [-0.2, -0.15) is 0 Å². The summed E-state index contributed by atoms with van der Waals surface area (Å²) in [5, 5.41) is 0. The van der Waals surface area contributed by atoms with Crippen molar-refractivity contribution in [1.82, 2.24) is 0 Å². The number of halogens is 1. The number of nitrogens with two attached hydrogens (primary N) is 1. The average Bonchev–Trinajstić information content (AvgIpc) is 2.06. The standard InChI is InChI=1S/C9H18FNO/c1-9(10,7-11)6-8-2-4-12-5-3-8/h8H,2-7,11H2,1H3. The van der Waals surface area contributed by atoms with Crippen molar-refractivity contribution in [1.29, 1.82) is 0 Å². The topological polar surface area (TPSA) is 35.2 Å². The van der Waals surface area contributed by atoms with Crippen LogP contribution in [-0.4, -0.2) is 25.4 Å². The van der Waals surface area contributed by atoms with Gasteiger partial charge in [0.25, 0.3) is 0 Å². The van der Waals surface area contributed by atoms with Gasteiger partial charge in [0.15, 0.2) is 0 Å².